The normalized spacial score (nSPS) is 19.3. The van der Waals surface area contributed by atoms with E-state index >= 15 is 0 Å². The van der Waals surface area contributed by atoms with E-state index < -0.39 is 0 Å². The van der Waals surface area contributed by atoms with Crippen LogP contribution in [0.25, 0.3) is 0 Å². The molecule has 1 atom stereocenters. The highest BCUT2D eigenvalue weighted by molar-refractivity contribution is 5.33. The van der Waals surface area contributed by atoms with E-state index in [1.165, 1.54) is 16.7 Å². The molecule has 4 heteroatoms. The molecule has 1 fully saturated rings. The number of pyridine rings is 1. The number of likely N-dealkylation sites (N-methyl/N-ethyl adjacent to an activating group) is 1. The van der Waals surface area contributed by atoms with Gasteiger partial charge in [0.2, 0.25) is 5.88 Å². The van der Waals surface area contributed by atoms with Crippen LogP contribution in [0.3, 0.4) is 0 Å². The topological polar surface area (TPSA) is 28.6 Å². The molecule has 0 spiro atoms. The molecule has 0 radical (unpaired) electrons. The van der Waals surface area contributed by atoms with Crippen molar-refractivity contribution in [3.05, 3.63) is 59.3 Å². The smallest absolute Gasteiger partial charge is 0.212 e. The van der Waals surface area contributed by atoms with E-state index in [1.54, 1.807) is 7.11 Å². The summed E-state index contributed by atoms with van der Waals surface area (Å²) in [6.45, 7) is 8.71. The zero-order valence-electron chi connectivity index (χ0n) is 15.8. The molecule has 1 aliphatic rings. The van der Waals surface area contributed by atoms with Crippen LogP contribution in [0.1, 0.15) is 42.5 Å². The van der Waals surface area contributed by atoms with E-state index in [0.29, 0.717) is 17.8 Å². The SMILES string of the molecule is COc1ccc(CN2CCN(C)C(c3ccccc3C(C)C)C2)cn1. The highest BCUT2D eigenvalue weighted by Crippen LogP contribution is 2.31. The van der Waals surface area contributed by atoms with Crippen molar-refractivity contribution in [2.24, 2.45) is 0 Å². The average Bonchev–Trinajstić information content (AvgIpc) is 2.64. The van der Waals surface area contributed by atoms with Crippen LogP contribution >= 0.6 is 0 Å². The van der Waals surface area contributed by atoms with Gasteiger partial charge in [0, 0.05) is 44.5 Å². The fourth-order valence-electron chi connectivity index (χ4n) is 3.63. The number of benzene rings is 1. The molecule has 25 heavy (non-hydrogen) atoms. The first-order valence-corrected chi connectivity index (χ1v) is 9.09. The average molecular weight is 339 g/mol. The van der Waals surface area contributed by atoms with Crippen molar-refractivity contribution in [1.29, 1.82) is 0 Å². The Morgan fingerprint density at radius 3 is 2.64 bits per heavy atom. The Kier molecular flexibility index (Phi) is 5.71. The first-order chi connectivity index (χ1) is 12.1. The fourth-order valence-corrected chi connectivity index (χ4v) is 3.63. The number of ether oxygens (including phenoxy) is 1. The summed E-state index contributed by atoms with van der Waals surface area (Å²) in [6, 6.07) is 13.4. The van der Waals surface area contributed by atoms with Crippen molar-refractivity contribution >= 4 is 0 Å². The highest BCUT2D eigenvalue weighted by atomic mass is 16.5. The Hall–Kier alpha value is -1.91. The van der Waals surface area contributed by atoms with Crippen molar-refractivity contribution < 1.29 is 4.74 Å². The molecule has 0 amide bonds. The number of methoxy groups -OCH3 is 1. The van der Waals surface area contributed by atoms with Crippen molar-refractivity contribution in [2.45, 2.75) is 32.4 Å². The van der Waals surface area contributed by atoms with Gasteiger partial charge < -0.3 is 4.74 Å². The molecule has 0 N–H and O–H groups in total. The van der Waals surface area contributed by atoms with Gasteiger partial charge >= 0.3 is 0 Å². The second-order valence-electron chi connectivity index (χ2n) is 7.22. The highest BCUT2D eigenvalue weighted by Gasteiger charge is 2.27. The molecule has 1 aromatic heterocycles. The van der Waals surface area contributed by atoms with Gasteiger partial charge in [-0.1, -0.05) is 44.2 Å². The van der Waals surface area contributed by atoms with Crippen LogP contribution in [0.2, 0.25) is 0 Å². The molecule has 1 saturated heterocycles. The van der Waals surface area contributed by atoms with Gasteiger partial charge in [-0.2, -0.15) is 0 Å². The van der Waals surface area contributed by atoms with Crippen molar-refractivity contribution in [2.75, 3.05) is 33.8 Å². The lowest BCUT2D eigenvalue weighted by molar-refractivity contribution is 0.0898. The number of nitrogens with zero attached hydrogens (tertiary/aromatic N) is 3. The molecular formula is C21H29N3O. The maximum atomic E-state index is 5.15. The molecule has 2 heterocycles. The summed E-state index contributed by atoms with van der Waals surface area (Å²) < 4.78 is 5.15. The molecule has 1 unspecified atom stereocenters. The maximum Gasteiger partial charge on any atom is 0.212 e. The van der Waals surface area contributed by atoms with Gasteiger partial charge in [0.1, 0.15) is 0 Å². The Bertz CT molecular complexity index is 684. The third kappa shape index (κ3) is 4.20. The predicted molar refractivity (Wildman–Crippen MR) is 102 cm³/mol. The summed E-state index contributed by atoms with van der Waals surface area (Å²) in [5, 5.41) is 0. The Morgan fingerprint density at radius 1 is 1.16 bits per heavy atom. The van der Waals surface area contributed by atoms with Gasteiger partial charge in [-0.15, -0.1) is 0 Å². The summed E-state index contributed by atoms with van der Waals surface area (Å²) >= 11 is 0. The third-order valence-corrected chi connectivity index (χ3v) is 5.12. The first-order valence-electron chi connectivity index (χ1n) is 9.09. The van der Waals surface area contributed by atoms with Gasteiger partial charge in [0.25, 0.3) is 0 Å². The van der Waals surface area contributed by atoms with Crippen LogP contribution < -0.4 is 4.74 Å². The Balaban J connectivity index is 1.75. The maximum absolute atomic E-state index is 5.15. The minimum Gasteiger partial charge on any atom is -0.481 e. The Labute approximate surface area is 151 Å². The van der Waals surface area contributed by atoms with E-state index in [9.17, 15) is 0 Å². The number of piperazine rings is 1. The van der Waals surface area contributed by atoms with E-state index in [1.807, 2.05) is 12.3 Å². The van der Waals surface area contributed by atoms with Gasteiger partial charge in [0.05, 0.1) is 7.11 Å². The standard InChI is InChI=1S/C21H29N3O/c1-16(2)18-7-5-6-8-19(18)20-15-24(12-11-23(20)3)14-17-9-10-21(25-4)22-13-17/h5-10,13,16,20H,11-12,14-15H2,1-4H3. The molecule has 0 aliphatic carbocycles. The largest absolute Gasteiger partial charge is 0.481 e. The molecule has 4 nitrogen and oxygen atoms in total. The zero-order chi connectivity index (χ0) is 17.8. The van der Waals surface area contributed by atoms with Crippen LogP contribution in [-0.2, 0) is 6.54 Å². The van der Waals surface area contributed by atoms with Crippen LogP contribution in [-0.4, -0.2) is 48.6 Å². The summed E-state index contributed by atoms with van der Waals surface area (Å²) in [7, 11) is 3.90. The van der Waals surface area contributed by atoms with Crippen LogP contribution in [0, 0.1) is 0 Å². The van der Waals surface area contributed by atoms with Gasteiger partial charge in [-0.05, 0) is 29.7 Å². The van der Waals surface area contributed by atoms with E-state index in [-0.39, 0.29) is 0 Å². The Morgan fingerprint density at radius 2 is 1.96 bits per heavy atom. The van der Waals surface area contributed by atoms with Crippen molar-refractivity contribution in [3.8, 4) is 5.88 Å². The van der Waals surface area contributed by atoms with Crippen molar-refractivity contribution in [1.82, 2.24) is 14.8 Å². The second-order valence-corrected chi connectivity index (χ2v) is 7.22. The lowest BCUT2D eigenvalue weighted by Gasteiger charge is -2.40. The summed E-state index contributed by atoms with van der Waals surface area (Å²) in [5.41, 5.74) is 4.17. The third-order valence-electron chi connectivity index (χ3n) is 5.12. The van der Waals surface area contributed by atoms with Crippen LogP contribution in [0.15, 0.2) is 42.6 Å². The number of rotatable bonds is 5. The van der Waals surface area contributed by atoms with Crippen molar-refractivity contribution in [3.63, 3.8) is 0 Å². The zero-order valence-corrected chi connectivity index (χ0v) is 15.8. The fraction of sp³-hybridized carbons (Fsp3) is 0.476. The van der Waals surface area contributed by atoms with Crippen LogP contribution in [0.4, 0.5) is 0 Å². The van der Waals surface area contributed by atoms with E-state index in [4.69, 9.17) is 4.74 Å². The lowest BCUT2D eigenvalue weighted by atomic mass is 9.91. The molecule has 134 valence electrons. The number of aromatic nitrogens is 1. The molecule has 1 aromatic carbocycles. The second kappa shape index (κ2) is 7.98. The van der Waals surface area contributed by atoms with Gasteiger partial charge in [-0.3, -0.25) is 9.80 Å². The summed E-state index contributed by atoms with van der Waals surface area (Å²) in [5.74, 6) is 1.22. The molecule has 3 rings (SSSR count). The lowest BCUT2D eigenvalue weighted by Crippen LogP contribution is -2.46. The molecule has 0 saturated carbocycles. The minimum atomic E-state index is 0.443. The molecule has 0 bridgehead atoms. The van der Waals surface area contributed by atoms with Crippen LogP contribution in [0.5, 0.6) is 5.88 Å². The van der Waals surface area contributed by atoms with Gasteiger partial charge in [-0.25, -0.2) is 4.98 Å². The first kappa shape index (κ1) is 17.9. The molecular weight excluding hydrogens is 310 g/mol. The molecule has 2 aromatic rings. The monoisotopic (exact) mass is 339 g/mol. The number of hydrogen-bond donors (Lipinski definition) is 0. The quantitative estimate of drug-likeness (QED) is 0.830. The number of hydrogen-bond acceptors (Lipinski definition) is 4. The predicted octanol–water partition coefficient (Wildman–Crippen LogP) is 3.70. The van der Waals surface area contributed by atoms with Gasteiger partial charge in [0.15, 0.2) is 0 Å². The van der Waals surface area contributed by atoms with E-state index in [0.717, 1.165) is 26.2 Å². The van der Waals surface area contributed by atoms with E-state index in [2.05, 4.69) is 66.0 Å². The minimum absolute atomic E-state index is 0.443. The summed E-state index contributed by atoms with van der Waals surface area (Å²) in [6.07, 6.45) is 1.92. The molecule has 1 aliphatic heterocycles. The summed E-state index contributed by atoms with van der Waals surface area (Å²) in [4.78, 5) is 9.36.